The minimum atomic E-state index is -0.609. The molecule has 2 rings (SSSR count). The molecular weight excluding hydrogens is 295 g/mol. The zero-order valence-corrected chi connectivity index (χ0v) is 14.7. The molecule has 0 aromatic heterocycles. The first-order valence-corrected chi connectivity index (χ1v) is 8.22. The maximum absolute atomic E-state index is 14.2. The van der Waals surface area contributed by atoms with Gasteiger partial charge in [-0.1, -0.05) is 0 Å². The number of hydrogen-bond donors (Lipinski definition) is 0. The number of carbonyl (C=O) groups is 1. The Morgan fingerprint density at radius 2 is 2.04 bits per heavy atom. The number of piperazine rings is 1. The molecule has 1 saturated heterocycles. The maximum Gasteiger partial charge on any atom is 0.341 e. The molecule has 1 atom stereocenters. The lowest BCUT2D eigenvalue weighted by atomic mass is 10.0. The SMILES string of the molecule is CCOC(=O)c1ccc(N2CCN(C(C)(C)C)C(C)C2)cc1F. The average molecular weight is 322 g/mol. The van der Waals surface area contributed by atoms with Crippen molar-refractivity contribution in [3.05, 3.63) is 29.6 Å². The topological polar surface area (TPSA) is 32.8 Å². The predicted molar refractivity (Wildman–Crippen MR) is 90.5 cm³/mol. The fourth-order valence-electron chi connectivity index (χ4n) is 3.26. The van der Waals surface area contributed by atoms with Gasteiger partial charge in [-0.2, -0.15) is 0 Å². The highest BCUT2D eigenvalue weighted by Gasteiger charge is 2.31. The van der Waals surface area contributed by atoms with Crippen molar-refractivity contribution in [1.82, 2.24) is 4.90 Å². The number of benzene rings is 1. The van der Waals surface area contributed by atoms with Crippen LogP contribution in [0.25, 0.3) is 0 Å². The van der Waals surface area contributed by atoms with Crippen LogP contribution in [-0.4, -0.2) is 48.7 Å². The van der Waals surface area contributed by atoms with E-state index in [0.717, 1.165) is 25.3 Å². The van der Waals surface area contributed by atoms with Crippen molar-refractivity contribution in [2.75, 3.05) is 31.1 Å². The van der Waals surface area contributed by atoms with E-state index in [2.05, 4.69) is 37.5 Å². The molecule has 1 fully saturated rings. The summed E-state index contributed by atoms with van der Waals surface area (Å²) in [5, 5.41) is 0. The quantitative estimate of drug-likeness (QED) is 0.799. The van der Waals surface area contributed by atoms with E-state index in [4.69, 9.17) is 4.74 Å². The third-order valence-corrected chi connectivity index (χ3v) is 4.30. The van der Waals surface area contributed by atoms with Gasteiger partial charge in [0.1, 0.15) is 5.82 Å². The van der Waals surface area contributed by atoms with Crippen LogP contribution in [-0.2, 0) is 4.74 Å². The Labute approximate surface area is 138 Å². The van der Waals surface area contributed by atoms with Gasteiger partial charge in [-0.05, 0) is 52.8 Å². The van der Waals surface area contributed by atoms with Crippen LogP contribution in [0.2, 0.25) is 0 Å². The zero-order valence-electron chi connectivity index (χ0n) is 14.7. The number of nitrogens with zero attached hydrogens (tertiary/aromatic N) is 2. The van der Waals surface area contributed by atoms with Gasteiger partial charge in [0.2, 0.25) is 0 Å². The number of ether oxygens (including phenoxy) is 1. The zero-order chi connectivity index (χ0) is 17.2. The summed E-state index contributed by atoms with van der Waals surface area (Å²) in [5.41, 5.74) is 0.942. The van der Waals surface area contributed by atoms with Crippen LogP contribution >= 0.6 is 0 Å². The van der Waals surface area contributed by atoms with Gasteiger partial charge >= 0.3 is 5.97 Å². The van der Waals surface area contributed by atoms with Crippen molar-refractivity contribution in [1.29, 1.82) is 0 Å². The van der Waals surface area contributed by atoms with E-state index >= 15 is 0 Å². The fourth-order valence-corrected chi connectivity index (χ4v) is 3.26. The lowest BCUT2D eigenvalue weighted by Gasteiger charge is -2.47. The van der Waals surface area contributed by atoms with Crippen molar-refractivity contribution >= 4 is 11.7 Å². The van der Waals surface area contributed by atoms with E-state index in [9.17, 15) is 9.18 Å². The highest BCUT2D eigenvalue weighted by atomic mass is 19.1. The first-order valence-electron chi connectivity index (χ1n) is 8.22. The highest BCUT2D eigenvalue weighted by Crippen LogP contribution is 2.26. The second-order valence-electron chi connectivity index (χ2n) is 7.04. The van der Waals surface area contributed by atoms with Gasteiger partial charge < -0.3 is 9.64 Å². The minimum Gasteiger partial charge on any atom is -0.462 e. The van der Waals surface area contributed by atoms with Crippen LogP contribution in [0.15, 0.2) is 18.2 Å². The van der Waals surface area contributed by atoms with E-state index in [-0.39, 0.29) is 17.7 Å². The molecule has 0 N–H and O–H groups in total. The van der Waals surface area contributed by atoms with Gasteiger partial charge in [-0.15, -0.1) is 0 Å². The van der Waals surface area contributed by atoms with Crippen LogP contribution < -0.4 is 4.90 Å². The number of esters is 1. The molecule has 1 unspecified atom stereocenters. The molecule has 1 aromatic carbocycles. The molecule has 0 spiro atoms. The molecule has 1 aliphatic heterocycles. The van der Waals surface area contributed by atoms with E-state index in [1.807, 2.05) is 0 Å². The maximum atomic E-state index is 14.2. The van der Waals surface area contributed by atoms with Crippen molar-refractivity contribution in [2.24, 2.45) is 0 Å². The summed E-state index contributed by atoms with van der Waals surface area (Å²) in [5.74, 6) is -1.13. The lowest BCUT2D eigenvalue weighted by molar-refractivity contribution is 0.0521. The van der Waals surface area contributed by atoms with Gasteiger partial charge in [0, 0.05) is 36.9 Å². The van der Waals surface area contributed by atoms with Crippen molar-refractivity contribution < 1.29 is 13.9 Å². The van der Waals surface area contributed by atoms with Crippen molar-refractivity contribution in [2.45, 2.75) is 46.2 Å². The molecule has 0 radical (unpaired) electrons. The minimum absolute atomic E-state index is 0.00280. The van der Waals surface area contributed by atoms with Crippen LogP contribution in [0.4, 0.5) is 10.1 Å². The van der Waals surface area contributed by atoms with Gasteiger partial charge in [0.15, 0.2) is 0 Å². The second-order valence-corrected chi connectivity index (χ2v) is 7.04. The molecule has 1 aliphatic rings. The van der Waals surface area contributed by atoms with Crippen molar-refractivity contribution in [3.63, 3.8) is 0 Å². The molecule has 23 heavy (non-hydrogen) atoms. The number of hydrogen-bond acceptors (Lipinski definition) is 4. The van der Waals surface area contributed by atoms with Gasteiger partial charge in [0.05, 0.1) is 12.2 Å². The normalized spacial score (nSPS) is 19.7. The van der Waals surface area contributed by atoms with E-state index < -0.39 is 11.8 Å². The molecule has 128 valence electrons. The summed E-state index contributed by atoms with van der Waals surface area (Å²) in [7, 11) is 0. The first-order chi connectivity index (χ1) is 10.7. The second kappa shape index (κ2) is 6.87. The number of halogens is 1. The number of anilines is 1. The Hall–Kier alpha value is -1.62. The van der Waals surface area contributed by atoms with E-state index in [0.29, 0.717) is 6.04 Å². The third-order valence-electron chi connectivity index (χ3n) is 4.30. The summed E-state index contributed by atoms with van der Waals surface area (Å²) in [6.45, 7) is 13.4. The van der Waals surface area contributed by atoms with Crippen LogP contribution in [0.3, 0.4) is 0 Å². The van der Waals surface area contributed by atoms with E-state index in [1.165, 1.54) is 12.1 Å². The fraction of sp³-hybridized carbons (Fsp3) is 0.611. The monoisotopic (exact) mass is 322 g/mol. The highest BCUT2D eigenvalue weighted by molar-refractivity contribution is 5.90. The Morgan fingerprint density at radius 3 is 2.57 bits per heavy atom. The molecule has 0 bridgehead atoms. The third kappa shape index (κ3) is 4.02. The molecule has 0 amide bonds. The molecule has 1 heterocycles. The molecular formula is C18H27FN2O2. The standard InChI is InChI=1S/C18H27FN2O2/c1-6-23-17(22)15-8-7-14(11-16(15)19)20-9-10-21(13(2)12-20)18(3,4)5/h7-8,11,13H,6,9-10,12H2,1-5H3. The largest absolute Gasteiger partial charge is 0.462 e. The summed E-state index contributed by atoms with van der Waals surface area (Å²) in [6, 6.07) is 5.14. The van der Waals surface area contributed by atoms with Crippen LogP contribution in [0.5, 0.6) is 0 Å². The Kier molecular flexibility index (Phi) is 5.30. The van der Waals surface area contributed by atoms with E-state index in [1.54, 1.807) is 13.0 Å². The summed E-state index contributed by atoms with van der Waals surface area (Å²) in [6.07, 6.45) is 0. The summed E-state index contributed by atoms with van der Waals surface area (Å²) >= 11 is 0. The molecule has 1 aromatic rings. The number of carbonyl (C=O) groups excluding carboxylic acids is 1. The van der Waals surface area contributed by atoms with Crippen molar-refractivity contribution in [3.8, 4) is 0 Å². The van der Waals surface area contributed by atoms with Crippen LogP contribution in [0, 0.1) is 5.82 Å². The summed E-state index contributed by atoms with van der Waals surface area (Å²) in [4.78, 5) is 16.3. The van der Waals surface area contributed by atoms with Crippen LogP contribution in [0.1, 0.15) is 45.0 Å². The first kappa shape index (κ1) is 17.7. The Morgan fingerprint density at radius 1 is 1.35 bits per heavy atom. The molecule has 5 heteroatoms. The number of rotatable bonds is 3. The van der Waals surface area contributed by atoms with Gasteiger partial charge in [-0.25, -0.2) is 9.18 Å². The summed E-state index contributed by atoms with van der Waals surface area (Å²) < 4.78 is 19.1. The smallest absolute Gasteiger partial charge is 0.341 e. The molecule has 0 aliphatic carbocycles. The van der Waals surface area contributed by atoms with Gasteiger partial charge in [-0.3, -0.25) is 4.90 Å². The lowest BCUT2D eigenvalue weighted by Crippen LogP contribution is -2.58. The molecule has 4 nitrogen and oxygen atoms in total. The Balaban J connectivity index is 2.12. The average Bonchev–Trinajstić information content (AvgIpc) is 2.45. The predicted octanol–water partition coefficient (Wildman–Crippen LogP) is 3.31. The van der Waals surface area contributed by atoms with Gasteiger partial charge in [0.25, 0.3) is 0 Å². The Bertz CT molecular complexity index is 569. The molecule has 0 saturated carbocycles.